The Bertz CT molecular complexity index is 1210. The summed E-state index contributed by atoms with van der Waals surface area (Å²) < 4.78 is 11.6. The van der Waals surface area contributed by atoms with Crippen LogP contribution in [0.4, 0.5) is 5.69 Å². The van der Waals surface area contributed by atoms with Crippen molar-refractivity contribution >= 4 is 28.3 Å². The fourth-order valence-electron chi connectivity index (χ4n) is 3.57. The molecule has 3 aromatic carbocycles. The van der Waals surface area contributed by atoms with Gasteiger partial charge in [0.15, 0.2) is 12.4 Å². The van der Waals surface area contributed by atoms with E-state index in [1.807, 2.05) is 54.6 Å². The molecular weight excluding hydrogens is 402 g/mol. The molecular formula is C27H25NO4. The quantitative estimate of drug-likeness (QED) is 0.332. The molecule has 0 aliphatic rings. The summed E-state index contributed by atoms with van der Waals surface area (Å²) in [6, 6.07) is 23.7. The van der Waals surface area contributed by atoms with Crippen LogP contribution in [0.25, 0.3) is 11.0 Å². The fraction of sp³-hybridized carbons (Fsp3) is 0.185. The van der Waals surface area contributed by atoms with E-state index in [4.69, 9.17) is 9.15 Å². The van der Waals surface area contributed by atoms with E-state index < -0.39 is 0 Å². The Labute approximate surface area is 187 Å². The molecule has 0 unspecified atom stereocenters. The summed E-state index contributed by atoms with van der Waals surface area (Å²) in [6.07, 6.45) is 2.70. The number of benzene rings is 3. The highest BCUT2D eigenvalue weighted by Crippen LogP contribution is 2.29. The number of rotatable bonds is 9. The second kappa shape index (κ2) is 9.96. The molecule has 0 spiro atoms. The molecule has 0 fully saturated rings. The standard InChI is InChI=1S/C27H25NO4/c1-2-3-12-24-26(22-11-7-8-13-23(22)32-24)27(30)19-14-16-21(17-15-19)31-18-25(29)28-20-9-5-4-6-10-20/h4-11,13-17H,2-3,12,18H2,1H3,(H,28,29). The largest absolute Gasteiger partial charge is 0.484 e. The molecule has 162 valence electrons. The minimum absolute atomic E-state index is 0.0746. The van der Waals surface area contributed by atoms with Crippen LogP contribution in [0, 0.1) is 0 Å². The monoisotopic (exact) mass is 427 g/mol. The van der Waals surface area contributed by atoms with E-state index in [-0.39, 0.29) is 18.3 Å². The van der Waals surface area contributed by atoms with Gasteiger partial charge in [-0.3, -0.25) is 9.59 Å². The van der Waals surface area contributed by atoms with Gasteiger partial charge in [-0.25, -0.2) is 0 Å². The van der Waals surface area contributed by atoms with Crippen molar-refractivity contribution in [2.75, 3.05) is 11.9 Å². The summed E-state index contributed by atoms with van der Waals surface area (Å²) in [6.45, 7) is 2.00. The normalized spacial score (nSPS) is 10.8. The predicted octanol–water partition coefficient (Wildman–Crippen LogP) is 6.02. The Morgan fingerprint density at radius 1 is 0.906 bits per heavy atom. The molecule has 4 rings (SSSR count). The molecule has 0 saturated carbocycles. The Balaban J connectivity index is 1.46. The molecule has 5 nitrogen and oxygen atoms in total. The third-order valence-corrected chi connectivity index (χ3v) is 5.20. The summed E-state index contributed by atoms with van der Waals surface area (Å²) in [4.78, 5) is 25.4. The minimum atomic E-state index is -0.248. The Morgan fingerprint density at radius 2 is 1.62 bits per heavy atom. The number of carbonyl (C=O) groups excluding carboxylic acids is 2. The number of hydrogen-bond donors (Lipinski definition) is 1. The molecule has 0 saturated heterocycles. The third kappa shape index (κ3) is 4.89. The summed E-state index contributed by atoms with van der Waals surface area (Å²) in [5, 5.41) is 3.61. The van der Waals surface area contributed by atoms with E-state index in [2.05, 4.69) is 12.2 Å². The van der Waals surface area contributed by atoms with Crippen LogP contribution in [0.1, 0.15) is 41.4 Å². The summed E-state index contributed by atoms with van der Waals surface area (Å²) in [5.41, 5.74) is 2.62. The molecule has 0 aliphatic carbocycles. The first-order valence-corrected chi connectivity index (χ1v) is 10.8. The number of hydrogen-bond acceptors (Lipinski definition) is 4. The van der Waals surface area contributed by atoms with Crippen LogP contribution < -0.4 is 10.1 Å². The number of ether oxygens (including phenoxy) is 1. The van der Waals surface area contributed by atoms with Gasteiger partial charge in [-0.2, -0.15) is 0 Å². The number of para-hydroxylation sites is 2. The highest BCUT2D eigenvalue weighted by molar-refractivity contribution is 6.16. The SMILES string of the molecule is CCCCc1oc2ccccc2c1C(=O)c1ccc(OCC(=O)Nc2ccccc2)cc1. The van der Waals surface area contributed by atoms with Crippen LogP contribution in [0.3, 0.4) is 0 Å². The van der Waals surface area contributed by atoms with Gasteiger partial charge in [0.1, 0.15) is 17.1 Å². The first-order chi connectivity index (χ1) is 15.7. The summed E-state index contributed by atoms with van der Waals surface area (Å²) >= 11 is 0. The Morgan fingerprint density at radius 3 is 2.38 bits per heavy atom. The number of carbonyl (C=O) groups is 2. The molecule has 0 aliphatic heterocycles. The van der Waals surface area contributed by atoms with Gasteiger partial charge in [-0.15, -0.1) is 0 Å². The topological polar surface area (TPSA) is 68.5 Å². The lowest BCUT2D eigenvalue weighted by Crippen LogP contribution is -2.20. The van der Waals surface area contributed by atoms with Crippen molar-refractivity contribution < 1.29 is 18.7 Å². The minimum Gasteiger partial charge on any atom is -0.484 e. The van der Waals surface area contributed by atoms with Crippen molar-refractivity contribution in [2.45, 2.75) is 26.2 Å². The van der Waals surface area contributed by atoms with Crippen molar-refractivity contribution in [2.24, 2.45) is 0 Å². The van der Waals surface area contributed by atoms with Gasteiger partial charge in [0.25, 0.3) is 5.91 Å². The number of ketones is 1. The molecule has 0 atom stereocenters. The lowest BCUT2D eigenvalue weighted by Gasteiger charge is -2.08. The molecule has 1 N–H and O–H groups in total. The first-order valence-electron chi connectivity index (χ1n) is 10.8. The van der Waals surface area contributed by atoms with Crippen LogP contribution in [0.5, 0.6) is 5.75 Å². The zero-order valence-corrected chi connectivity index (χ0v) is 18.0. The molecule has 1 aromatic heterocycles. The second-order valence-electron chi connectivity index (χ2n) is 7.56. The van der Waals surface area contributed by atoms with Gasteiger partial charge in [-0.05, 0) is 48.9 Å². The van der Waals surface area contributed by atoms with Gasteiger partial charge in [0.2, 0.25) is 0 Å². The lowest BCUT2D eigenvalue weighted by atomic mass is 9.98. The van der Waals surface area contributed by atoms with Crippen molar-refractivity contribution in [1.82, 2.24) is 0 Å². The summed E-state index contributed by atoms with van der Waals surface area (Å²) in [7, 11) is 0. The van der Waals surface area contributed by atoms with E-state index in [1.165, 1.54) is 0 Å². The van der Waals surface area contributed by atoms with Crippen LogP contribution >= 0.6 is 0 Å². The molecule has 0 radical (unpaired) electrons. The second-order valence-corrected chi connectivity index (χ2v) is 7.56. The average Bonchev–Trinajstić information content (AvgIpc) is 3.20. The predicted molar refractivity (Wildman–Crippen MR) is 125 cm³/mol. The van der Waals surface area contributed by atoms with Crippen LogP contribution in [0.2, 0.25) is 0 Å². The van der Waals surface area contributed by atoms with Crippen LogP contribution in [-0.2, 0) is 11.2 Å². The number of unbranched alkanes of at least 4 members (excludes halogenated alkanes) is 1. The zero-order valence-electron chi connectivity index (χ0n) is 18.0. The number of anilines is 1. The van der Waals surface area contributed by atoms with E-state index >= 15 is 0 Å². The zero-order chi connectivity index (χ0) is 22.3. The molecule has 0 bridgehead atoms. The third-order valence-electron chi connectivity index (χ3n) is 5.20. The number of fused-ring (bicyclic) bond motifs is 1. The maximum Gasteiger partial charge on any atom is 0.262 e. The first kappa shape index (κ1) is 21.4. The highest BCUT2D eigenvalue weighted by Gasteiger charge is 2.21. The number of aryl methyl sites for hydroxylation is 1. The van der Waals surface area contributed by atoms with Gasteiger partial charge in [0, 0.05) is 23.1 Å². The molecule has 32 heavy (non-hydrogen) atoms. The molecule has 1 amide bonds. The van der Waals surface area contributed by atoms with E-state index in [0.29, 0.717) is 22.6 Å². The van der Waals surface area contributed by atoms with Gasteiger partial charge in [0.05, 0.1) is 5.56 Å². The molecule has 5 heteroatoms. The van der Waals surface area contributed by atoms with Crippen molar-refractivity contribution in [1.29, 1.82) is 0 Å². The van der Waals surface area contributed by atoms with Crippen molar-refractivity contribution in [3.05, 3.63) is 95.7 Å². The van der Waals surface area contributed by atoms with Crippen LogP contribution in [0.15, 0.2) is 83.3 Å². The number of nitrogens with one attached hydrogen (secondary N) is 1. The fourth-order valence-corrected chi connectivity index (χ4v) is 3.57. The average molecular weight is 428 g/mol. The number of furan rings is 1. The van der Waals surface area contributed by atoms with E-state index in [0.717, 1.165) is 36.0 Å². The van der Waals surface area contributed by atoms with Gasteiger partial charge < -0.3 is 14.5 Å². The maximum absolute atomic E-state index is 13.3. The van der Waals surface area contributed by atoms with Crippen molar-refractivity contribution in [3.63, 3.8) is 0 Å². The van der Waals surface area contributed by atoms with Crippen molar-refractivity contribution in [3.8, 4) is 5.75 Å². The van der Waals surface area contributed by atoms with Gasteiger partial charge >= 0.3 is 0 Å². The van der Waals surface area contributed by atoms with Gasteiger partial charge in [-0.1, -0.05) is 49.7 Å². The molecule has 1 heterocycles. The van der Waals surface area contributed by atoms with E-state index in [9.17, 15) is 9.59 Å². The highest BCUT2D eigenvalue weighted by atomic mass is 16.5. The summed E-state index contributed by atoms with van der Waals surface area (Å²) in [5.74, 6) is 0.931. The smallest absolute Gasteiger partial charge is 0.262 e. The van der Waals surface area contributed by atoms with Crippen LogP contribution in [-0.4, -0.2) is 18.3 Å². The van der Waals surface area contributed by atoms with E-state index in [1.54, 1.807) is 24.3 Å². The Kier molecular flexibility index (Phi) is 6.66. The number of amides is 1. The molecule has 4 aromatic rings. The lowest BCUT2D eigenvalue weighted by molar-refractivity contribution is -0.118. The Hall–Kier alpha value is -3.86. The maximum atomic E-state index is 13.3.